The third-order valence-corrected chi connectivity index (χ3v) is 2.46. The van der Waals surface area contributed by atoms with Crippen molar-refractivity contribution in [3.8, 4) is 0 Å². The van der Waals surface area contributed by atoms with E-state index in [1.807, 2.05) is 6.07 Å². The van der Waals surface area contributed by atoms with E-state index in [-0.39, 0.29) is 0 Å². The summed E-state index contributed by atoms with van der Waals surface area (Å²) in [5, 5.41) is 0. The number of nitrogen functional groups attached to an aromatic ring is 1. The zero-order chi connectivity index (χ0) is 9.14. The van der Waals surface area contributed by atoms with Crippen molar-refractivity contribution < 1.29 is 0 Å². The van der Waals surface area contributed by atoms with Crippen molar-refractivity contribution in [3.05, 3.63) is 23.3 Å². The van der Waals surface area contributed by atoms with Gasteiger partial charge in [-0.05, 0) is 30.0 Å². The summed E-state index contributed by atoms with van der Waals surface area (Å²) in [6.45, 7) is 4.25. The molecule has 66 valence electrons. The van der Waals surface area contributed by atoms with Crippen LogP contribution in [0.4, 0.5) is 5.69 Å². The van der Waals surface area contributed by atoms with E-state index in [1.54, 1.807) is 0 Å². The maximum atomic E-state index is 5.84. The number of hydrogen-bond donors (Lipinski definition) is 2. The zero-order valence-electron chi connectivity index (χ0n) is 7.59. The minimum absolute atomic E-state index is 0.832. The molecular formula is C10H15NS. The molecule has 0 fully saturated rings. The van der Waals surface area contributed by atoms with Crippen LogP contribution in [0.1, 0.15) is 25.0 Å². The van der Waals surface area contributed by atoms with Gasteiger partial charge in [0.2, 0.25) is 0 Å². The first kappa shape index (κ1) is 9.46. The summed E-state index contributed by atoms with van der Waals surface area (Å²) in [5.74, 6) is 0. The highest BCUT2D eigenvalue weighted by molar-refractivity contribution is 7.80. The summed E-state index contributed by atoms with van der Waals surface area (Å²) in [6, 6.07) is 4.20. The van der Waals surface area contributed by atoms with Gasteiger partial charge in [0.25, 0.3) is 0 Å². The van der Waals surface area contributed by atoms with Crippen LogP contribution in [0.15, 0.2) is 17.0 Å². The Morgan fingerprint density at radius 1 is 1.25 bits per heavy atom. The Bertz CT molecular complexity index is 281. The van der Waals surface area contributed by atoms with E-state index in [4.69, 9.17) is 5.73 Å². The fourth-order valence-electron chi connectivity index (χ4n) is 1.26. The number of aryl methyl sites for hydroxylation is 2. The van der Waals surface area contributed by atoms with E-state index < -0.39 is 0 Å². The van der Waals surface area contributed by atoms with Gasteiger partial charge in [-0.25, -0.2) is 0 Å². The summed E-state index contributed by atoms with van der Waals surface area (Å²) < 4.78 is 0. The molecule has 0 aliphatic heterocycles. The summed E-state index contributed by atoms with van der Waals surface area (Å²) in [5.41, 5.74) is 9.19. The topological polar surface area (TPSA) is 26.0 Å². The highest BCUT2D eigenvalue weighted by Crippen LogP contribution is 2.24. The lowest BCUT2D eigenvalue weighted by atomic mass is 10.1. The van der Waals surface area contributed by atoms with Gasteiger partial charge in [0.15, 0.2) is 0 Å². The Morgan fingerprint density at radius 2 is 1.92 bits per heavy atom. The van der Waals surface area contributed by atoms with Crippen LogP contribution in [-0.4, -0.2) is 0 Å². The van der Waals surface area contributed by atoms with E-state index in [0.717, 1.165) is 23.4 Å². The number of thiol groups is 1. The monoisotopic (exact) mass is 181 g/mol. The molecule has 0 aromatic heterocycles. The second kappa shape index (κ2) is 3.85. The predicted molar refractivity (Wildman–Crippen MR) is 56.9 cm³/mol. The molecule has 1 rings (SSSR count). The molecule has 2 N–H and O–H groups in total. The molecule has 0 aliphatic carbocycles. The van der Waals surface area contributed by atoms with Crippen molar-refractivity contribution in [1.29, 1.82) is 0 Å². The molecule has 0 radical (unpaired) electrons. The molecular weight excluding hydrogens is 166 g/mol. The Labute approximate surface area is 79.4 Å². The number of hydrogen-bond acceptors (Lipinski definition) is 2. The third kappa shape index (κ3) is 1.75. The van der Waals surface area contributed by atoms with E-state index in [1.165, 1.54) is 11.1 Å². The molecule has 0 saturated heterocycles. The number of benzene rings is 1. The molecule has 1 aromatic rings. The van der Waals surface area contributed by atoms with Crippen LogP contribution < -0.4 is 5.73 Å². The average Bonchev–Trinajstić information content (AvgIpc) is 2.09. The molecule has 0 atom stereocenters. The summed E-state index contributed by atoms with van der Waals surface area (Å²) in [6.07, 6.45) is 2.02. The van der Waals surface area contributed by atoms with Gasteiger partial charge in [-0.1, -0.05) is 19.9 Å². The van der Waals surface area contributed by atoms with Crippen LogP contribution in [0.2, 0.25) is 0 Å². The van der Waals surface area contributed by atoms with E-state index >= 15 is 0 Å². The Hall–Kier alpha value is -0.630. The van der Waals surface area contributed by atoms with E-state index in [0.29, 0.717) is 0 Å². The van der Waals surface area contributed by atoms with Crippen LogP contribution in [0.3, 0.4) is 0 Å². The minimum Gasteiger partial charge on any atom is -0.398 e. The smallest absolute Gasteiger partial charge is 0.0482 e. The van der Waals surface area contributed by atoms with Crippen molar-refractivity contribution in [1.82, 2.24) is 0 Å². The summed E-state index contributed by atoms with van der Waals surface area (Å²) in [7, 11) is 0. The predicted octanol–water partition coefficient (Wildman–Crippen LogP) is 2.68. The van der Waals surface area contributed by atoms with Crippen molar-refractivity contribution in [3.63, 3.8) is 0 Å². The van der Waals surface area contributed by atoms with Gasteiger partial charge >= 0.3 is 0 Å². The molecule has 0 spiro atoms. The molecule has 12 heavy (non-hydrogen) atoms. The van der Waals surface area contributed by atoms with Crippen molar-refractivity contribution in [2.75, 3.05) is 5.73 Å². The number of nitrogens with two attached hydrogens (primary N) is 1. The first-order valence-corrected chi connectivity index (χ1v) is 4.74. The minimum atomic E-state index is 0.832. The van der Waals surface area contributed by atoms with E-state index in [9.17, 15) is 0 Å². The summed E-state index contributed by atoms with van der Waals surface area (Å²) in [4.78, 5) is 0.909. The molecule has 0 saturated carbocycles. The largest absolute Gasteiger partial charge is 0.398 e. The molecule has 1 nitrogen and oxygen atoms in total. The van der Waals surface area contributed by atoms with Crippen LogP contribution in [0.5, 0.6) is 0 Å². The Kier molecular flexibility index (Phi) is 3.04. The average molecular weight is 181 g/mol. The molecule has 0 unspecified atom stereocenters. The van der Waals surface area contributed by atoms with Crippen molar-refractivity contribution in [2.24, 2.45) is 0 Å². The van der Waals surface area contributed by atoms with Crippen molar-refractivity contribution >= 4 is 18.3 Å². The highest BCUT2D eigenvalue weighted by atomic mass is 32.1. The Morgan fingerprint density at radius 3 is 2.42 bits per heavy atom. The highest BCUT2D eigenvalue weighted by Gasteiger charge is 2.02. The lowest BCUT2D eigenvalue weighted by Crippen LogP contribution is -1.96. The van der Waals surface area contributed by atoms with Gasteiger partial charge in [-0.2, -0.15) is 0 Å². The molecule has 0 bridgehead atoms. The quantitative estimate of drug-likeness (QED) is 0.532. The van der Waals surface area contributed by atoms with Gasteiger partial charge in [-0.15, -0.1) is 12.6 Å². The first-order valence-electron chi connectivity index (χ1n) is 4.29. The zero-order valence-corrected chi connectivity index (χ0v) is 8.49. The summed E-state index contributed by atoms with van der Waals surface area (Å²) >= 11 is 4.32. The van der Waals surface area contributed by atoms with Gasteiger partial charge in [-0.3, -0.25) is 0 Å². The van der Waals surface area contributed by atoms with Crippen LogP contribution in [-0.2, 0) is 12.8 Å². The maximum Gasteiger partial charge on any atom is 0.0482 e. The van der Waals surface area contributed by atoms with Gasteiger partial charge < -0.3 is 5.73 Å². The Balaban J connectivity index is 3.19. The van der Waals surface area contributed by atoms with Gasteiger partial charge in [0.05, 0.1) is 0 Å². The second-order valence-corrected chi connectivity index (χ2v) is 3.38. The van der Waals surface area contributed by atoms with E-state index in [2.05, 4.69) is 32.5 Å². The lowest BCUT2D eigenvalue weighted by Gasteiger charge is -2.08. The normalized spacial score (nSPS) is 10.2. The van der Waals surface area contributed by atoms with Gasteiger partial charge in [0, 0.05) is 10.6 Å². The molecule has 2 heteroatoms. The fourth-order valence-corrected chi connectivity index (χ4v) is 1.57. The number of rotatable bonds is 2. The third-order valence-electron chi connectivity index (χ3n) is 2.09. The molecule has 1 aromatic carbocycles. The molecule has 0 amide bonds. The van der Waals surface area contributed by atoms with Crippen LogP contribution in [0.25, 0.3) is 0 Å². The number of anilines is 1. The van der Waals surface area contributed by atoms with Gasteiger partial charge in [0.1, 0.15) is 0 Å². The van der Waals surface area contributed by atoms with Crippen LogP contribution in [0, 0.1) is 0 Å². The fraction of sp³-hybridized carbons (Fsp3) is 0.400. The molecule has 0 heterocycles. The lowest BCUT2D eigenvalue weighted by molar-refractivity contribution is 1.07. The molecule has 0 aliphatic rings. The second-order valence-electron chi connectivity index (χ2n) is 2.89. The first-order chi connectivity index (χ1) is 5.69. The maximum absolute atomic E-state index is 5.84. The SMILES string of the molecule is CCc1cc(S)c(N)c(CC)c1. The van der Waals surface area contributed by atoms with Crippen molar-refractivity contribution in [2.45, 2.75) is 31.6 Å². The van der Waals surface area contributed by atoms with Crippen LogP contribution >= 0.6 is 12.6 Å². The standard InChI is InChI=1S/C10H15NS/c1-3-7-5-8(4-2)10(11)9(12)6-7/h5-6,12H,3-4,11H2,1-2H3.